The van der Waals surface area contributed by atoms with Crippen molar-refractivity contribution in [1.82, 2.24) is 15.5 Å². The Hall–Kier alpha value is -2.28. The average molecular weight is 348 g/mol. The van der Waals surface area contributed by atoms with Gasteiger partial charge in [-0.1, -0.05) is 13.8 Å². The lowest BCUT2D eigenvalue weighted by Crippen LogP contribution is -2.45. The van der Waals surface area contributed by atoms with E-state index in [1.54, 1.807) is 12.0 Å². The molecule has 0 aromatic heterocycles. The van der Waals surface area contributed by atoms with Gasteiger partial charge >= 0.3 is 6.03 Å². The number of amides is 3. The second-order valence-corrected chi connectivity index (χ2v) is 6.03. The van der Waals surface area contributed by atoms with Gasteiger partial charge in [0.25, 0.3) is 0 Å². The molecule has 0 unspecified atom stereocenters. The van der Waals surface area contributed by atoms with Crippen molar-refractivity contribution >= 4 is 17.6 Å². The molecule has 1 saturated heterocycles. The predicted molar refractivity (Wildman–Crippen MR) is 98.1 cm³/mol. The van der Waals surface area contributed by atoms with Crippen LogP contribution in [0.5, 0.6) is 5.75 Å². The average Bonchev–Trinajstić information content (AvgIpc) is 2.99. The molecule has 1 heterocycles. The molecule has 0 saturated carbocycles. The number of anilines is 1. The zero-order valence-corrected chi connectivity index (χ0v) is 15.2. The summed E-state index contributed by atoms with van der Waals surface area (Å²) in [6.07, 6.45) is 0.315. The van der Waals surface area contributed by atoms with Gasteiger partial charge in [-0.2, -0.15) is 0 Å². The maximum Gasteiger partial charge on any atom is 0.315 e. The summed E-state index contributed by atoms with van der Waals surface area (Å²) in [7, 11) is 1.61. The van der Waals surface area contributed by atoms with Crippen molar-refractivity contribution in [2.75, 3.05) is 44.7 Å². The highest BCUT2D eigenvalue weighted by Gasteiger charge is 2.31. The van der Waals surface area contributed by atoms with E-state index in [1.165, 1.54) is 0 Å². The van der Waals surface area contributed by atoms with E-state index in [0.29, 0.717) is 19.5 Å². The lowest BCUT2D eigenvalue weighted by atomic mass is 10.2. The Bertz CT molecular complexity index is 572. The fourth-order valence-electron chi connectivity index (χ4n) is 2.92. The number of urea groups is 1. The summed E-state index contributed by atoms with van der Waals surface area (Å²) in [5.41, 5.74) is 0.817. The molecule has 2 rings (SSSR count). The third-order valence-corrected chi connectivity index (χ3v) is 4.45. The van der Waals surface area contributed by atoms with Crippen LogP contribution in [0.4, 0.5) is 10.5 Å². The molecule has 1 aliphatic heterocycles. The molecule has 0 bridgehead atoms. The number of likely N-dealkylation sites (N-methyl/N-ethyl adjacent to an activating group) is 1. The molecule has 2 N–H and O–H groups in total. The fraction of sp³-hybridized carbons (Fsp3) is 0.556. The van der Waals surface area contributed by atoms with Crippen LogP contribution < -0.4 is 20.3 Å². The summed E-state index contributed by atoms with van der Waals surface area (Å²) < 4.78 is 5.13. The number of hydrogen-bond donors (Lipinski definition) is 2. The maximum atomic E-state index is 12.2. The minimum Gasteiger partial charge on any atom is -0.497 e. The van der Waals surface area contributed by atoms with Gasteiger partial charge in [0.15, 0.2) is 0 Å². The molecule has 1 fully saturated rings. The number of methoxy groups -OCH3 is 1. The van der Waals surface area contributed by atoms with Crippen LogP contribution in [0.3, 0.4) is 0 Å². The van der Waals surface area contributed by atoms with Gasteiger partial charge in [-0.05, 0) is 37.4 Å². The second kappa shape index (κ2) is 9.27. The summed E-state index contributed by atoms with van der Waals surface area (Å²) in [6.45, 7) is 8.03. The molecule has 0 aliphatic carbocycles. The Kier molecular flexibility index (Phi) is 7.06. The third kappa shape index (κ3) is 5.35. The van der Waals surface area contributed by atoms with E-state index >= 15 is 0 Å². The fourth-order valence-corrected chi connectivity index (χ4v) is 2.92. The summed E-state index contributed by atoms with van der Waals surface area (Å²) in [5, 5.41) is 5.74. The molecule has 1 aliphatic rings. The first-order valence-electron chi connectivity index (χ1n) is 8.78. The number of rotatable bonds is 8. The molecule has 0 radical (unpaired) electrons. The SMILES string of the molecule is CCN(CC)CCNC(=O)N[C@@H]1CC(=O)N(c2ccc(OC)cc2)C1. The predicted octanol–water partition coefficient (Wildman–Crippen LogP) is 1.44. The summed E-state index contributed by atoms with van der Waals surface area (Å²) in [6, 6.07) is 6.95. The van der Waals surface area contributed by atoms with Crippen LogP contribution in [0.2, 0.25) is 0 Å². The van der Waals surface area contributed by atoms with Crippen LogP contribution in [0.1, 0.15) is 20.3 Å². The van der Waals surface area contributed by atoms with Crippen molar-refractivity contribution in [2.45, 2.75) is 26.3 Å². The van der Waals surface area contributed by atoms with Gasteiger partial charge in [0.2, 0.25) is 5.91 Å². The van der Waals surface area contributed by atoms with Crippen molar-refractivity contribution < 1.29 is 14.3 Å². The minimum absolute atomic E-state index is 0.0126. The Morgan fingerprint density at radius 1 is 1.28 bits per heavy atom. The van der Waals surface area contributed by atoms with Crippen LogP contribution in [-0.4, -0.2) is 62.7 Å². The normalized spacial score (nSPS) is 17.0. The molecular formula is C18H28N4O3. The highest BCUT2D eigenvalue weighted by Crippen LogP contribution is 2.24. The Balaban J connectivity index is 1.80. The van der Waals surface area contributed by atoms with Crippen molar-refractivity contribution in [2.24, 2.45) is 0 Å². The van der Waals surface area contributed by atoms with Crippen molar-refractivity contribution in [3.63, 3.8) is 0 Å². The minimum atomic E-state index is -0.221. The van der Waals surface area contributed by atoms with E-state index in [-0.39, 0.29) is 18.0 Å². The molecule has 1 aromatic carbocycles. The Labute approximate surface area is 149 Å². The number of carbonyl (C=O) groups is 2. The largest absolute Gasteiger partial charge is 0.497 e. The lowest BCUT2D eigenvalue weighted by Gasteiger charge is -2.19. The standard InChI is InChI=1S/C18H28N4O3/c1-4-21(5-2)11-10-19-18(24)20-14-12-17(23)22(13-14)15-6-8-16(25-3)9-7-15/h6-9,14H,4-5,10-13H2,1-3H3,(H2,19,20,24)/t14-/m1/s1. The summed E-state index contributed by atoms with van der Waals surface area (Å²) >= 11 is 0. The third-order valence-electron chi connectivity index (χ3n) is 4.45. The first kappa shape index (κ1) is 19.1. The van der Waals surface area contributed by atoms with Crippen LogP contribution in [0.15, 0.2) is 24.3 Å². The van der Waals surface area contributed by atoms with Gasteiger partial charge in [-0.3, -0.25) is 4.79 Å². The summed E-state index contributed by atoms with van der Waals surface area (Å²) in [5.74, 6) is 0.760. The number of ether oxygens (including phenoxy) is 1. The lowest BCUT2D eigenvalue weighted by molar-refractivity contribution is -0.117. The molecule has 0 spiro atoms. The van der Waals surface area contributed by atoms with E-state index in [1.807, 2.05) is 24.3 Å². The van der Waals surface area contributed by atoms with Crippen LogP contribution >= 0.6 is 0 Å². The highest BCUT2D eigenvalue weighted by atomic mass is 16.5. The van der Waals surface area contributed by atoms with Gasteiger partial charge in [-0.15, -0.1) is 0 Å². The van der Waals surface area contributed by atoms with Gasteiger partial charge in [0, 0.05) is 31.7 Å². The molecule has 25 heavy (non-hydrogen) atoms. The van der Waals surface area contributed by atoms with Crippen LogP contribution in [0.25, 0.3) is 0 Å². The topological polar surface area (TPSA) is 73.9 Å². The zero-order chi connectivity index (χ0) is 18.2. The molecule has 1 aromatic rings. The van der Waals surface area contributed by atoms with Crippen molar-refractivity contribution in [3.8, 4) is 5.75 Å². The van der Waals surface area contributed by atoms with E-state index < -0.39 is 0 Å². The Morgan fingerprint density at radius 2 is 1.96 bits per heavy atom. The van der Waals surface area contributed by atoms with Crippen molar-refractivity contribution in [3.05, 3.63) is 24.3 Å². The summed E-state index contributed by atoms with van der Waals surface area (Å²) in [4.78, 5) is 28.2. The number of carbonyl (C=O) groups excluding carboxylic acids is 2. The quantitative estimate of drug-likeness (QED) is 0.746. The Morgan fingerprint density at radius 3 is 2.56 bits per heavy atom. The van der Waals surface area contributed by atoms with E-state index in [9.17, 15) is 9.59 Å². The van der Waals surface area contributed by atoms with E-state index in [4.69, 9.17) is 4.74 Å². The van der Waals surface area contributed by atoms with Gasteiger partial charge in [0.05, 0.1) is 13.2 Å². The molecule has 7 nitrogen and oxygen atoms in total. The number of nitrogens with zero attached hydrogens (tertiary/aromatic N) is 2. The highest BCUT2D eigenvalue weighted by molar-refractivity contribution is 5.96. The molecule has 7 heteroatoms. The van der Waals surface area contributed by atoms with E-state index in [0.717, 1.165) is 31.1 Å². The zero-order valence-electron chi connectivity index (χ0n) is 15.2. The molecule has 1 atom stereocenters. The molecular weight excluding hydrogens is 320 g/mol. The first-order chi connectivity index (χ1) is 12.1. The van der Waals surface area contributed by atoms with Crippen LogP contribution in [-0.2, 0) is 4.79 Å². The first-order valence-corrected chi connectivity index (χ1v) is 8.78. The van der Waals surface area contributed by atoms with Crippen LogP contribution in [0, 0.1) is 0 Å². The second-order valence-electron chi connectivity index (χ2n) is 6.03. The number of hydrogen-bond acceptors (Lipinski definition) is 4. The molecule has 138 valence electrons. The van der Waals surface area contributed by atoms with Gasteiger partial charge < -0.3 is 25.2 Å². The van der Waals surface area contributed by atoms with Gasteiger partial charge in [-0.25, -0.2) is 4.79 Å². The number of benzene rings is 1. The van der Waals surface area contributed by atoms with Crippen molar-refractivity contribution in [1.29, 1.82) is 0 Å². The van der Waals surface area contributed by atoms with E-state index in [2.05, 4.69) is 29.4 Å². The number of nitrogens with one attached hydrogen (secondary N) is 2. The smallest absolute Gasteiger partial charge is 0.315 e. The van der Waals surface area contributed by atoms with Gasteiger partial charge in [0.1, 0.15) is 5.75 Å². The monoisotopic (exact) mass is 348 g/mol. The molecule has 3 amide bonds. The maximum absolute atomic E-state index is 12.2.